The Hall–Kier alpha value is -1.59. The number of carbonyl (C=O) groups excluding carboxylic acids is 2. The van der Waals surface area contributed by atoms with Gasteiger partial charge in [0, 0.05) is 19.5 Å². The molecular formula is C12H20N2O4. The molecule has 0 aliphatic carbocycles. The molecule has 1 heterocycles. The molecule has 1 saturated heterocycles. The summed E-state index contributed by atoms with van der Waals surface area (Å²) >= 11 is 0. The molecule has 1 aliphatic heterocycles. The summed E-state index contributed by atoms with van der Waals surface area (Å²) in [6.45, 7) is 3.42. The maximum atomic E-state index is 11.8. The Bertz CT molecular complexity index is 330. The molecule has 0 spiro atoms. The standard InChI is InChI=1S/C12H20N2O4/c1-2-9-4-3-7-14(8-9)12(18)13-10(15)5-6-11(16)17/h9H,2-8H2,1H3,(H,16,17)(H,13,15,18). The van der Waals surface area contributed by atoms with Crippen LogP contribution in [0.15, 0.2) is 0 Å². The van der Waals surface area contributed by atoms with E-state index in [1.807, 2.05) is 0 Å². The molecule has 0 saturated carbocycles. The highest BCUT2D eigenvalue weighted by Crippen LogP contribution is 2.18. The van der Waals surface area contributed by atoms with Crippen LogP contribution in [0.4, 0.5) is 4.79 Å². The van der Waals surface area contributed by atoms with Crippen LogP contribution in [-0.4, -0.2) is 41.0 Å². The number of amides is 3. The first-order chi connectivity index (χ1) is 8.52. The molecule has 0 radical (unpaired) electrons. The molecule has 6 heteroatoms. The number of hydrogen-bond donors (Lipinski definition) is 2. The zero-order chi connectivity index (χ0) is 13.5. The van der Waals surface area contributed by atoms with E-state index in [1.54, 1.807) is 4.90 Å². The predicted molar refractivity (Wildman–Crippen MR) is 65.0 cm³/mol. The number of carbonyl (C=O) groups is 3. The highest BCUT2D eigenvalue weighted by molar-refractivity contribution is 5.95. The monoisotopic (exact) mass is 256 g/mol. The number of carboxylic acid groups (broad SMARTS) is 1. The Morgan fingerprint density at radius 1 is 1.33 bits per heavy atom. The summed E-state index contributed by atoms with van der Waals surface area (Å²) in [6, 6.07) is -0.400. The van der Waals surface area contributed by atoms with Crippen LogP contribution in [0.2, 0.25) is 0 Å². The molecule has 0 aromatic heterocycles. The Morgan fingerprint density at radius 2 is 2.06 bits per heavy atom. The van der Waals surface area contributed by atoms with Crippen LogP contribution < -0.4 is 5.32 Å². The van der Waals surface area contributed by atoms with Crippen LogP contribution in [0, 0.1) is 5.92 Å². The summed E-state index contributed by atoms with van der Waals surface area (Å²) in [5.41, 5.74) is 0. The molecule has 1 aliphatic rings. The van der Waals surface area contributed by atoms with Crippen molar-refractivity contribution in [2.45, 2.75) is 39.0 Å². The number of imide groups is 1. The van der Waals surface area contributed by atoms with Crippen molar-refractivity contribution in [2.24, 2.45) is 5.92 Å². The van der Waals surface area contributed by atoms with Crippen molar-refractivity contribution in [3.05, 3.63) is 0 Å². The molecule has 1 unspecified atom stereocenters. The number of rotatable bonds is 4. The lowest BCUT2D eigenvalue weighted by Crippen LogP contribution is -2.47. The van der Waals surface area contributed by atoms with Gasteiger partial charge in [-0.2, -0.15) is 0 Å². The van der Waals surface area contributed by atoms with E-state index in [9.17, 15) is 14.4 Å². The Balaban J connectivity index is 2.35. The molecule has 2 N–H and O–H groups in total. The first kappa shape index (κ1) is 14.5. The molecule has 3 amide bonds. The van der Waals surface area contributed by atoms with Crippen molar-refractivity contribution in [2.75, 3.05) is 13.1 Å². The zero-order valence-electron chi connectivity index (χ0n) is 10.6. The highest BCUT2D eigenvalue weighted by atomic mass is 16.4. The van der Waals surface area contributed by atoms with E-state index in [4.69, 9.17) is 5.11 Å². The number of urea groups is 1. The number of nitrogens with zero attached hydrogens (tertiary/aromatic N) is 1. The third kappa shape index (κ3) is 4.73. The molecule has 1 atom stereocenters. The topological polar surface area (TPSA) is 86.7 Å². The number of carboxylic acids is 1. The van der Waals surface area contributed by atoms with Crippen molar-refractivity contribution in [1.29, 1.82) is 0 Å². The first-order valence-corrected chi connectivity index (χ1v) is 6.33. The van der Waals surface area contributed by atoms with Crippen molar-refractivity contribution >= 4 is 17.9 Å². The molecule has 18 heavy (non-hydrogen) atoms. The fraction of sp³-hybridized carbons (Fsp3) is 0.750. The number of aliphatic carboxylic acids is 1. The van der Waals surface area contributed by atoms with Crippen molar-refractivity contribution in [1.82, 2.24) is 10.2 Å². The molecule has 0 aromatic rings. The normalized spacial score (nSPS) is 19.4. The van der Waals surface area contributed by atoms with Gasteiger partial charge in [0.2, 0.25) is 5.91 Å². The minimum absolute atomic E-state index is 0.161. The molecular weight excluding hydrogens is 236 g/mol. The largest absolute Gasteiger partial charge is 0.481 e. The average molecular weight is 256 g/mol. The van der Waals surface area contributed by atoms with Crippen molar-refractivity contribution in [3.8, 4) is 0 Å². The van der Waals surface area contributed by atoms with Crippen LogP contribution >= 0.6 is 0 Å². The van der Waals surface area contributed by atoms with E-state index >= 15 is 0 Å². The minimum atomic E-state index is -1.04. The molecule has 1 fully saturated rings. The van der Waals surface area contributed by atoms with Gasteiger partial charge in [-0.1, -0.05) is 13.3 Å². The Morgan fingerprint density at radius 3 is 2.67 bits per heavy atom. The third-order valence-corrected chi connectivity index (χ3v) is 3.20. The van der Waals surface area contributed by atoms with Gasteiger partial charge < -0.3 is 10.0 Å². The Labute approximate surface area is 106 Å². The van der Waals surface area contributed by atoms with Crippen LogP contribution in [0.25, 0.3) is 0 Å². The first-order valence-electron chi connectivity index (χ1n) is 6.33. The van der Waals surface area contributed by atoms with Gasteiger partial charge in [-0.05, 0) is 18.8 Å². The van der Waals surface area contributed by atoms with Crippen LogP contribution in [-0.2, 0) is 9.59 Å². The maximum Gasteiger partial charge on any atom is 0.324 e. The van der Waals surface area contributed by atoms with Gasteiger partial charge in [-0.3, -0.25) is 14.9 Å². The number of hydrogen-bond acceptors (Lipinski definition) is 3. The zero-order valence-corrected chi connectivity index (χ0v) is 10.6. The van der Waals surface area contributed by atoms with Gasteiger partial charge in [0.25, 0.3) is 0 Å². The second kappa shape index (κ2) is 6.98. The van der Waals surface area contributed by atoms with Gasteiger partial charge >= 0.3 is 12.0 Å². The molecule has 0 aromatic carbocycles. The lowest BCUT2D eigenvalue weighted by atomic mass is 9.96. The summed E-state index contributed by atoms with van der Waals surface area (Å²) in [5.74, 6) is -1.07. The fourth-order valence-electron chi connectivity index (χ4n) is 2.06. The summed E-state index contributed by atoms with van der Waals surface area (Å²) in [4.78, 5) is 35.0. The molecule has 0 bridgehead atoms. The number of likely N-dealkylation sites (tertiary alicyclic amines) is 1. The highest BCUT2D eigenvalue weighted by Gasteiger charge is 2.23. The summed E-state index contributed by atoms with van der Waals surface area (Å²) in [5, 5.41) is 10.7. The van der Waals surface area contributed by atoms with Gasteiger partial charge in [0.1, 0.15) is 0 Å². The van der Waals surface area contributed by atoms with Gasteiger partial charge in [-0.25, -0.2) is 4.79 Å². The quantitative estimate of drug-likeness (QED) is 0.791. The third-order valence-electron chi connectivity index (χ3n) is 3.20. The number of piperidine rings is 1. The molecule has 1 rings (SSSR count). The smallest absolute Gasteiger partial charge is 0.324 e. The average Bonchev–Trinajstić information content (AvgIpc) is 2.36. The second-order valence-electron chi connectivity index (χ2n) is 4.61. The molecule has 102 valence electrons. The molecule has 6 nitrogen and oxygen atoms in total. The Kier molecular flexibility index (Phi) is 5.61. The van der Waals surface area contributed by atoms with Crippen LogP contribution in [0.3, 0.4) is 0 Å². The summed E-state index contributed by atoms with van der Waals surface area (Å²) < 4.78 is 0. The SMILES string of the molecule is CCC1CCCN(C(=O)NC(=O)CCC(=O)O)C1. The van der Waals surface area contributed by atoms with E-state index < -0.39 is 17.9 Å². The van der Waals surface area contributed by atoms with Gasteiger partial charge in [-0.15, -0.1) is 0 Å². The second-order valence-corrected chi connectivity index (χ2v) is 4.61. The lowest BCUT2D eigenvalue weighted by molar-refractivity contribution is -0.138. The maximum absolute atomic E-state index is 11.8. The van der Waals surface area contributed by atoms with Crippen LogP contribution in [0.1, 0.15) is 39.0 Å². The van der Waals surface area contributed by atoms with Crippen molar-refractivity contribution < 1.29 is 19.5 Å². The van der Waals surface area contributed by atoms with Crippen LogP contribution in [0.5, 0.6) is 0 Å². The van der Waals surface area contributed by atoms with E-state index in [0.29, 0.717) is 19.0 Å². The van der Waals surface area contributed by atoms with E-state index in [-0.39, 0.29) is 12.8 Å². The van der Waals surface area contributed by atoms with E-state index in [1.165, 1.54) is 0 Å². The predicted octanol–water partition coefficient (Wildman–Crippen LogP) is 1.21. The van der Waals surface area contributed by atoms with Gasteiger partial charge in [0.05, 0.1) is 6.42 Å². The number of nitrogens with one attached hydrogen (secondary N) is 1. The minimum Gasteiger partial charge on any atom is -0.481 e. The lowest BCUT2D eigenvalue weighted by Gasteiger charge is -2.32. The summed E-state index contributed by atoms with van der Waals surface area (Å²) in [7, 11) is 0. The van der Waals surface area contributed by atoms with E-state index in [0.717, 1.165) is 19.3 Å². The van der Waals surface area contributed by atoms with Crippen molar-refractivity contribution in [3.63, 3.8) is 0 Å². The summed E-state index contributed by atoms with van der Waals surface area (Å²) in [6.07, 6.45) is 2.68. The fourth-order valence-corrected chi connectivity index (χ4v) is 2.06. The van der Waals surface area contributed by atoms with E-state index in [2.05, 4.69) is 12.2 Å². The van der Waals surface area contributed by atoms with Gasteiger partial charge in [0.15, 0.2) is 0 Å².